The minimum Gasteiger partial charge on any atom is -0.497 e. The van der Waals surface area contributed by atoms with Gasteiger partial charge in [0, 0.05) is 36.1 Å². The van der Waals surface area contributed by atoms with E-state index in [0.717, 1.165) is 54.0 Å². The number of likely N-dealkylation sites (tertiary alicyclic amines) is 1. The second-order valence-electron chi connectivity index (χ2n) is 8.82. The Morgan fingerprint density at radius 3 is 2.55 bits per heavy atom. The molecule has 2 aromatic carbocycles. The molecule has 2 saturated heterocycles. The van der Waals surface area contributed by atoms with Crippen molar-refractivity contribution in [2.45, 2.75) is 51.0 Å². The number of benzene rings is 2. The Bertz CT molecular complexity index is 1050. The number of hydrogen-bond donors (Lipinski definition) is 1. The normalized spacial score (nSPS) is 22.1. The molecule has 1 N–H and O–H groups in total. The van der Waals surface area contributed by atoms with Crippen LogP contribution in [0.1, 0.15) is 49.8 Å². The van der Waals surface area contributed by atoms with Gasteiger partial charge in [0.15, 0.2) is 12.5 Å². The van der Waals surface area contributed by atoms with Crippen LogP contribution in [-0.4, -0.2) is 47.5 Å². The molecule has 31 heavy (non-hydrogen) atoms. The standard InChI is InChI=1S/C25H30N4O2/c1-16(2)17-4-6-19(7-5-17)28-24-25(31-24)29-12-10-18(11-13-29)23-21-9-8-20(30-3)14-22(21)26-15-27-23/h4-9,14-16,18,24-25,28H,10-13H2,1-3H3. The van der Waals surface area contributed by atoms with Crippen molar-refractivity contribution >= 4 is 16.6 Å². The Balaban J connectivity index is 1.18. The Morgan fingerprint density at radius 1 is 1.06 bits per heavy atom. The van der Waals surface area contributed by atoms with Crippen LogP contribution in [0.15, 0.2) is 48.8 Å². The second-order valence-corrected chi connectivity index (χ2v) is 8.82. The number of epoxide rings is 1. The van der Waals surface area contributed by atoms with E-state index in [4.69, 9.17) is 9.47 Å². The molecule has 2 atom stereocenters. The van der Waals surface area contributed by atoms with Gasteiger partial charge in [0.05, 0.1) is 18.3 Å². The molecule has 0 spiro atoms. The SMILES string of the molecule is COc1ccc2c(C3CCN(C4OC4Nc4ccc(C(C)C)cc4)CC3)ncnc2c1. The highest BCUT2D eigenvalue weighted by atomic mass is 16.6. The molecule has 2 aliphatic rings. The van der Waals surface area contributed by atoms with Gasteiger partial charge in [-0.1, -0.05) is 26.0 Å². The zero-order valence-corrected chi connectivity index (χ0v) is 18.4. The van der Waals surface area contributed by atoms with Crippen LogP contribution in [0.5, 0.6) is 5.75 Å². The molecule has 2 aliphatic heterocycles. The Labute approximate surface area is 183 Å². The quantitative estimate of drug-likeness (QED) is 0.584. The molecule has 2 fully saturated rings. The van der Waals surface area contributed by atoms with Gasteiger partial charge in [-0.2, -0.15) is 0 Å². The molecule has 5 rings (SSSR count). The fourth-order valence-electron chi connectivity index (χ4n) is 4.55. The van der Waals surface area contributed by atoms with Crippen molar-refractivity contribution in [2.75, 3.05) is 25.5 Å². The summed E-state index contributed by atoms with van der Waals surface area (Å²) in [4.78, 5) is 11.5. The largest absolute Gasteiger partial charge is 0.497 e. The first-order valence-corrected chi connectivity index (χ1v) is 11.2. The lowest BCUT2D eigenvalue weighted by Gasteiger charge is -2.31. The average molecular weight is 419 g/mol. The molecule has 0 aliphatic carbocycles. The Morgan fingerprint density at radius 2 is 1.84 bits per heavy atom. The van der Waals surface area contributed by atoms with Crippen molar-refractivity contribution in [3.63, 3.8) is 0 Å². The molecular weight excluding hydrogens is 388 g/mol. The molecule has 0 bridgehead atoms. The first-order chi connectivity index (χ1) is 15.1. The number of hydrogen-bond acceptors (Lipinski definition) is 6. The van der Waals surface area contributed by atoms with Crippen LogP contribution in [0.3, 0.4) is 0 Å². The maximum atomic E-state index is 5.95. The van der Waals surface area contributed by atoms with Crippen LogP contribution in [0.4, 0.5) is 5.69 Å². The van der Waals surface area contributed by atoms with E-state index in [0.29, 0.717) is 11.8 Å². The number of ether oxygens (including phenoxy) is 2. The van der Waals surface area contributed by atoms with Crippen LogP contribution in [0.2, 0.25) is 0 Å². The zero-order valence-electron chi connectivity index (χ0n) is 18.4. The van der Waals surface area contributed by atoms with Crippen LogP contribution < -0.4 is 10.1 Å². The van der Waals surface area contributed by atoms with Gasteiger partial charge in [-0.15, -0.1) is 0 Å². The maximum Gasteiger partial charge on any atom is 0.170 e. The van der Waals surface area contributed by atoms with Crippen molar-refractivity contribution in [3.05, 3.63) is 60.0 Å². The third-order valence-electron chi connectivity index (χ3n) is 6.51. The lowest BCUT2D eigenvalue weighted by atomic mass is 9.91. The fourth-order valence-corrected chi connectivity index (χ4v) is 4.55. The summed E-state index contributed by atoms with van der Waals surface area (Å²) in [6, 6.07) is 14.7. The van der Waals surface area contributed by atoms with Gasteiger partial charge in [-0.25, -0.2) is 9.97 Å². The van der Waals surface area contributed by atoms with E-state index < -0.39 is 0 Å². The van der Waals surface area contributed by atoms with Gasteiger partial charge >= 0.3 is 0 Å². The number of piperidine rings is 1. The van der Waals surface area contributed by atoms with Crippen LogP contribution in [-0.2, 0) is 4.74 Å². The number of aromatic nitrogens is 2. The summed E-state index contributed by atoms with van der Waals surface area (Å²) in [5.41, 5.74) is 4.58. The van der Waals surface area contributed by atoms with Crippen LogP contribution in [0, 0.1) is 0 Å². The van der Waals surface area contributed by atoms with Crippen LogP contribution >= 0.6 is 0 Å². The van der Waals surface area contributed by atoms with Crippen molar-refractivity contribution in [1.29, 1.82) is 0 Å². The molecule has 1 aromatic heterocycles. The molecule has 162 valence electrons. The summed E-state index contributed by atoms with van der Waals surface area (Å²) in [6.45, 7) is 6.46. The van der Waals surface area contributed by atoms with Crippen molar-refractivity contribution in [1.82, 2.24) is 14.9 Å². The lowest BCUT2D eigenvalue weighted by molar-refractivity contribution is 0.139. The number of nitrogens with one attached hydrogen (secondary N) is 1. The molecule has 2 unspecified atom stereocenters. The van der Waals surface area contributed by atoms with E-state index in [9.17, 15) is 0 Å². The second kappa shape index (κ2) is 8.44. The monoisotopic (exact) mass is 418 g/mol. The minimum absolute atomic E-state index is 0.0776. The van der Waals surface area contributed by atoms with E-state index in [1.165, 1.54) is 5.56 Å². The number of anilines is 1. The highest BCUT2D eigenvalue weighted by Gasteiger charge is 2.45. The molecule has 3 heterocycles. The highest BCUT2D eigenvalue weighted by molar-refractivity contribution is 5.82. The number of methoxy groups -OCH3 is 1. The van der Waals surface area contributed by atoms with E-state index in [2.05, 4.69) is 64.4 Å². The average Bonchev–Trinajstić information content (AvgIpc) is 3.57. The van der Waals surface area contributed by atoms with Gasteiger partial charge in [0.1, 0.15) is 12.1 Å². The van der Waals surface area contributed by atoms with Crippen molar-refractivity contribution in [3.8, 4) is 5.75 Å². The van der Waals surface area contributed by atoms with E-state index in [-0.39, 0.29) is 12.5 Å². The van der Waals surface area contributed by atoms with Gasteiger partial charge in [0.2, 0.25) is 0 Å². The maximum absolute atomic E-state index is 5.95. The first-order valence-electron chi connectivity index (χ1n) is 11.2. The molecular formula is C25H30N4O2. The van der Waals surface area contributed by atoms with Gasteiger partial charge in [0.25, 0.3) is 0 Å². The fraction of sp³-hybridized carbons (Fsp3) is 0.440. The lowest BCUT2D eigenvalue weighted by Crippen LogP contribution is -2.37. The molecule has 3 aromatic rings. The Hall–Kier alpha value is -2.70. The third-order valence-corrected chi connectivity index (χ3v) is 6.51. The molecule has 6 nitrogen and oxygen atoms in total. The number of fused-ring (bicyclic) bond motifs is 1. The summed E-state index contributed by atoms with van der Waals surface area (Å²) in [5, 5.41) is 4.64. The molecule has 6 heteroatoms. The topological polar surface area (TPSA) is 62.8 Å². The van der Waals surface area contributed by atoms with E-state index in [1.54, 1.807) is 13.4 Å². The Kier molecular flexibility index (Phi) is 5.50. The van der Waals surface area contributed by atoms with Crippen LogP contribution in [0.25, 0.3) is 10.9 Å². The summed E-state index contributed by atoms with van der Waals surface area (Å²) in [7, 11) is 1.68. The van der Waals surface area contributed by atoms with Crippen molar-refractivity contribution in [2.24, 2.45) is 0 Å². The summed E-state index contributed by atoms with van der Waals surface area (Å²) < 4.78 is 11.3. The predicted octanol–water partition coefficient (Wildman–Crippen LogP) is 4.74. The van der Waals surface area contributed by atoms with Gasteiger partial charge in [-0.05, 0) is 48.6 Å². The van der Waals surface area contributed by atoms with Crippen molar-refractivity contribution < 1.29 is 9.47 Å². The predicted molar refractivity (Wildman–Crippen MR) is 122 cm³/mol. The molecule has 0 amide bonds. The van der Waals surface area contributed by atoms with Gasteiger partial charge < -0.3 is 14.8 Å². The minimum atomic E-state index is 0.0776. The molecule has 0 radical (unpaired) electrons. The third kappa shape index (κ3) is 4.23. The number of rotatable bonds is 6. The number of nitrogens with zero attached hydrogens (tertiary/aromatic N) is 3. The van der Waals surface area contributed by atoms with E-state index >= 15 is 0 Å². The first kappa shape index (κ1) is 20.2. The summed E-state index contributed by atoms with van der Waals surface area (Å²) in [5.74, 6) is 1.83. The highest BCUT2D eigenvalue weighted by Crippen LogP contribution is 2.36. The summed E-state index contributed by atoms with van der Waals surface area (Å²) >= 11 is 0. The summed E-state index contributed by atoms with van der Waals surface area (Å²) in [6.07, 6.45) is 4.07. The zero-order chi connectivity index (χ0) is 21.4. The smallest absolute Gasteiger partial charge is 0.170 e. The molecule has 0 saturated carbocycles. The van der Waals surface area contributed by atoms with Gasteiger partial charge in [-0.3, -0.25) is 4.90 Å². The van der Waals surface area contributed by atoms with E-state index in [1.807, 2.05) is 12.1 Å².